The highest BCUT2D eigenvalue weighted by Gasteiger charge is 2.48. The van der Waals surface area contributed by atoms with Crippen molar-refractivity contribution >= 4 is 34.0 Å². The van der Waals surface area contributed by atoms with Gasteiger partial charge < -0.3 is 10.6 Å². The molecule has 0 saturated carbocycles. The molecule has 3 aliphatic rings. The molecule has 23 heavy (non-hydrogen) atoms. The van der Waals surface area contributed by atoms with E-state index in [9.17, 15) is 13.2 Å². The van der Waals surface area contributed by atoms with E-state index in [1.807, 2.05) is 11.8 Å². The van der Waals surface area contributed by atoms with Crippen LogP contribution in [-0.2, 0) is 14.7 Å². The van der Waals surface area contributed by atoms with Crippen molar-refractivity contribution < 1.29 is 22.0 Å². The molecule has 3 N–H and O–H groups in total. The first-order chi connectivity index (χ1) is 10.8. The molecule has 11 heteroatoms. The number of thioether (sulfide) groups is 1. The maximum Gasteiger partial charge on any atom is 0.418 e. The zero-order chi connectivity index (χ0) is 16.6. The zero-order valence-electron chi connectivity index (χ0n) is 12.5. The highest BCUT2D eigenvalue weighted by Crippen LogP contribution is 2.31. The largest absolute Gasteiger partial charge is 0.418 e. The SMILES string of the molecule is NC(=NC1CCSCC1)[C@@H]1CC[C@@H]2CN1C(=O)N2OS(=O)(=O)O. The molecule has 3 aliphatic heterocycles. The molecule has 2 atom stereocenters. The van der Waals surface area contributed by atoms with Crippen molar-refractivity contribution in [1.82, 2.24) is 9.96 Å². The number of rotatable bonds is 4. The van der Waals surface area contributed by atoms with Gasteiger partial charge in [-0.3, -0.25) is 9.55 Å². The summed E-state index contributed by atoms with van der Waals surface area (Å²) in [7, 11) is -4.72. The Morgan fingerprint density at radius 2 is 2.00 bits per heavy atom. The minimum atomic E-state index is -4.72. The lowest BCUT2D eigenvalue weighted by Crippen LogP contribution is -2.48. The fourth-order valence-electron chi connectivity index (χ4n) is 3.25. The standard InChI is InChI=1S/C12H20N4O5S2/c13-11(14-8-3-5-22-6-4-8)10-2-1-9-7-15(10)12(17)16(9)21-23(18,19)20/h8-10H,1-7H2,(H2,13,14)(H,18,19,20)/t9-,10+/m1/s1. The van der Waals surface area contributed by atoms with Crippen LogP contribution in [0.3, 0.4) is 0 Å². The van der Waals surface area contributed by atoms with Crippen LogP contribution in [0.25, 0.3) is 0 Å². The van der Waals surface area contributed by atoms with Crippen LogP contribution < -0.4 is 5.73 Å². The number of fused-ring (bicyclic) bond motifs is 2. The smallest absolute Gasteiger partial charge is 0.386 e. The van der Waals surface area contributed by atoms with Gasteiger partial charge in [-0.15, -0.1) is 4.28 Å². The number of hydrogen-bond acceptors (Lipinski definition) is 6. The molecule has 0 aromatic rings. The van der Waals surface area contributed by atoms with E-state index in [1.54, 1.807) is 0 Å². The summed E-state index contributed by atoms with van der Waals surface area (Å²) in [6.07, 6.45) is 3.09. The van der Waals surface area contributed by atoms with Gasteiger partial charge in [0, 0.05) is 6.54 Å². The highest BCUT2D eigenvalue weighted by molar-refractivity contribution is 7.99. The number of carbonyl (C=O) groups excluding carboxylic acids is 1. The number of nitrogens with two attached hydrogens (primary N) is 1. The van der Waals surface area contributed by atoms with Crippen LogP contribution in [-0.4, -0.2) is 71.0 Å². The van der Waals surface area contributed by atoms with Gasteiger partial charge in [-0.25, -0.2) is 4.79 Å². The number of amidine groups is 1. The Labute approximate surface area is 139 Å². The lowest BCUT2D eigenvalue weighted by molar-refractivity contribution is -0.0316. The van der Waals surface area contributed by atoms with Gasteiger partial charge in [-0.1, -0.05) is 0 Å². The number of piperidine rings is 1. The summed E-state index contributed by atoms with van der Waals surface area (Å²) >= 11 is 1.90. The number of hydroxylamine groups is 2. The molecule has 0 aromatic carbocycles. The number of nitrogens with zero attached hydrogens (tertiary/aromatic N) is 3. The Bertz CT molecular complexity index is 605. The third kappa shape index (κ3) is 3.73. The second-order valence-corrected chi connectivity index (χ2v) is 8.14. The van der Waals surface area contributed by atoms with Crippen LogP contribution in [0.4, 0.5) is 4.79 Å². The Balaban J connectivity index is 1.71. The van der Waals surface area contributed by atoms with Gasteiger partial charge >= 0.3 is 16.4 Å². The molecule has 3 heterocycles. The topological polar surface area (TPSA) is 126 Å². The van der Waals surface area contributed by atoms with Crippen LogP contribution in [0.1, 0.15) is 25.7 Å². The van der Waals surface area contributed by atoms with Crippen molar-refractivity contribution in [3.05, 3.63) is 0 Å². The van der Waals surface area contributed by atoms with Crippen molar-refractivity contribution in [2.75, 3.05) is 18.1 Å². The first kappa shape index (κ1) is 16.8. The molecular weight excluding hydrogens is 344 g/mol. The van der Waals surface area contributed by atoms with E-state index in [1.165, 1.54) is 4.90 Å². The third-order valence-electron chi connectivity index (χ3n) is 4.36. The van der Waals surface area contributed by atoms with Crippen LogP contribution in [0.2, 0.25) is 0 Å². The third-order valence-corrected chi connectivity index (χ3v) is 5.76. The van der Waals surface area contributed by atoms with E-state index in [0.717, 1.165) is 29.4 Å². The summed E-state index contributed by atoms with van der Waals surface area (Å²) in [6, 6.07) is -1.16. The lowest BCUT2D eigenvalue weighted by atomic mass is 10.00. The van der Waals surface area contributed by atoms with Crippen LogP contribution in [0.15, 0.2) is 4.99 Å². The highest BCUT2D eigenvalue weighted by atomic mass is 32.3. The summed E-state index contributed by atoms with van der Waals surface area (Å²) < 4.78 is 34.9. The van der Waals surface area contributed by atoms with Gasteiger partial charge in [-0.2, -0.15) is 25.2 Å². The van der Waals surface area contributed by atoms with Crippen molar-refractivity contribution in [2.24, 2.45) is 10.7 Å². The van der Waals surface area contributed by atoms with Gasteiger partial charge in [-0.05, 0) is 37.2 Å². The molecule has 9 nitrogen and oxygen atoms in total. The monoisotopic (exact) mass is 364 g/mol. The number of hydrogen-bond donors (Lipinski definition) is 2. The Morgan fingerprint density at radius 1 is 1.30 bits per heavy atom. The van der Waals surface area contributed by atoms with Gasteiger partial charge in [0.1, 0.15) is 5.84 Å². The lowest BCUT2D eigenvalue weighted by Gasteiger charge is -2.30. The molecule has 130 valence electrons. The van der Waals surface area contributed by atoms with Gasteiger partial charge in [0.15, 0.2) is 0 Å². The molecule has 0 unspecified atom stereocenters. The average molecular weight is 364 g/mol. The Kier molecular flexibility index (Phi) is 4.72. The molecule has 0 radical (unpaired) electrons. The number of urea groups is 1. The summed E-state index contributed by atoms with van der Waals surface area (Å²) in [5.41, 5.74) is 6.12. The molecule has 2 bridgehead atoms. The van der Waals surface area contributed by atoms with Gasteiger partial charge in [0.2, 0.25) is 0 Å². The Hall–Kier alpha value is -1.04. The minimum absolute atomic E-state index is 0.192. The molecule has 3 fully saturated rings. The molecule has 2 amide bonds. The van der Waals surface area contributed by atoms with Crippen molar-refractivity contribution in [2.45, 2.75) is 43.8 Å². The predicted octanol–water partition coefficient (Wildman–Crippen LogP) is 0.242. The van der Waals surface area contributed by atoms with Crippen LogP contribution >= 0.6 is 11.8 Å². The predicted molar refractivity (Wildman–Crippen MR) is 85.4 cm³/mol. The maximum absolute atomic E-state index is 12.3. The first-order valence-electron chi connectivity index (χ1n) is 7.53. The van der Waals surface area contributed by atoms with Crippen molar-refractivity contribution in [3.8, 4) is 0 Å². The molecule has 3 rings (SSSR count). The van der Waals surface area contributed by atoms with E-state index >= 15 is 0 Å². The molecule has 0 spiro atoms. The molecular formula is C12H20N4O5S2. The fourth-order valence-corrected chi connectivity index (χ4v) is 4.72. The van der Waals surface area contributed by atoms with Gasteiger partial charge in [0.05, 0.1) is 18.1 Å². The number of carbonyl (C=O) groups is 1. The van der Waals surface area contributed by atoms with Crippen molar-refractivity contribution in [3.63, 3.8) is 0 Å². The maximum atomic E-state index is 12.3. The number of aliphatic imine (C=N–C) groups is 1. The first-order valence-corrected chi connectivity index (χ1v) is 10.0. The van der Waals surface area contributed by atoms with E-state index < -0.39 is 22.5 Å². The molecule has 0 aromatic heterocycles. The van der Waals surface area contributed by atoms with Crippen molar-refractivity contribution in [1.29, 1.82) is 0 Å². The average Bonchev–Trinajstić information content (AvgIpc) is 2.72. The number of amides is 2. The summed E-state index contributed by atoms with van der Waals surface area (Å²) in [5, 5.41) is 0.722. The molecule has 0 aliphatic carbocycles. The van der Waals surface area contributed by atoms with E-state index in [4.69, 9.17) is 10.3 Å². The second kappa shape index (κ2) is 6.46. The zero-order valence-corrected chi connectivity index (χ0v) is 14.1. The van der Waals surface area contributed by atoms with E-state index in [0.29, 0.717) is 25.2 Å². The molecule has 3 saturated heterocycles. The van der Waals surface area contributed by atoms with Crippen LogP contribution in [0, 0.1) is 0 Å². The minimum Gasteiger partial charge on any atom is -0.386 e. The normalized spacial score (nSPS) is 30.1. The van der Waals surface area contributed by atoms with Gasteiger partial charge in [0.25, 0.3) is 0 Å². The summed E-state index contributed by atoms with van der Waals surface area (Å²) in [5.74, 6) is 2.54. The van der Waals surface area contributed by atoms with E-state index in [-0.39, 0.29) is 12.1 Å². The summed E-state index contributed by atoms with van der Waals surface area (Å²) in [4.78, 5) is 18.3. The summed E-state index contributed by atoms with van der Waals surface area (Å²) in [6.45, 7) is 0.315. The van der Waals surface area contributed by atoms with E-state index in [2.05, 4.69) is 9.28 Å². The Morgan fingerprint density at radius 3 is 2.65 bits per heavy atom. The fraction of sp³-hybridized carbons (Fsp3) is 0.833. The second-order valence-electron chi connectivity index (χ2n) is 5.91. The van der Waals surface area contributed by atoms with Crippen LogP contribution in [0.5, 0.6) is 0 Å². The quantitative estimate of drug-likeness (QED) is 0.416.